The molecule has 0 saturated carbocycles. The summed E-state index contributed by atoms with van der Waals surface area (Å²) < 4.78 is 5.47. The smallest absolute Gasteiger partial charge is 0.261 e. The quantitative estimate of drug-likeness (QED) is 0.879. The van der Waals surface area contributed by atoms with Crippen LogP contribution in [0.5, 0.6) is 5.75 Å². The number of ether oxygens (including phenoxy) is 1. The SMILES string of the molecule is CC(Oc1cc(Cl)cc(Cl)c1)C(=O)NC(C)(C)CO. The third-order valence-electron chi connectivity index (χ3n) is 2.38. The van der Waals surface area contributed by atoms with E-state index in [1.54, 1.807) is 39.0 Å². The summed E-state index contributed by atoms with van der Waals surface area (Å²) in [5.41, 5.74) is -0.694. The first kappa shape index (κ1) is 16.1. The number of aliphatic hydroxyl groups excluding tert-OH is 1. The van der Waals surface area contributed by atoms with Crippen LogP contribution in [0.4, 0.5) is 0 Å². The van der Waals surface area contributed by atoms with Gasteiger partial charge in [0.1, 0.15) is 5.75 Å². The van der Waals surface area contributed by atoms with Crippen molar-refractivity contribution in [2.75, 3.05) is 6.61 Å². The van der Waals surface area contributed by atoms with Crippen molar-refractivity contribution in [3.63, 3.8) is 0 Å². The predicted molar refractivity (Wildman–Crippen MR) is 75.9 cm³/mol. The summed E-state index contributed by atoms with van der Waals surface area (Å²) in [4.78, 5) is 11.9. The van der Waals surface area contributed by atoms with Crippen LogP contribution in [0.15, 0.2) is 18.2 Å². The zero-order valence-electron chi connectivity index (χ0n) is 11.0. The molecule has 0 bridgehead atoms. The minimum Gasteiger partial charge on any atom is -0.481 e. The van der Waals surface area contributed by atoms with E-state index in [0.717, 1.165) is 0 Å². The summed E-state index contributed by atoms with van der Waals surface area (Å²) >= 11 is 11.7. The number of hydrogen-bond acceptors (Lipinski definition) is 3. The molecule has 1 amide bonds. The van der Waals surface area contributed by atoms with Gasteiger partial charge < -0.3 is 15.2 Å². The van der Waals surface area contributed by atoms with Gasteiger partial charge in [-0.1, -0.05) is 23.2 Å². The molecule has 0 saturated heterocycles. The van der Waals surface area contributed by atoms with Crippen LogP contribution in [-0.4, -0.2) is 29.3 Å². The normalized spacial score (nSPS) is 12.9. The van der Waals surface area contributed by atoms with Gasteiger partial charge in [-0.2, -0.15) is 0 Å². The third-order valence-corrected chi connectivity index (χ3v) is 2.81. The van der Waals surface area contributed by atoms with Crippen molar-refractivity contribution < 1.29 is 14.6 Å². The van der Waals surface area contributed by atoms with E-state index in [2.05, 4.69) is 5.32 Å². The molecule has 106 valence electrons. The van der Waals surface area contributed by atoms with E-state index in [1.165, 1.54) is 0 Å². The summed E-state index contributed by atoms with van der Waals surface area (Å²) in [5, 5.41) is 12.6. The average molecular weight is 306 g/mol. The fourth-order valence-corrected chi connectivity index (χ4v) is 1.83. The second-order valence-electron chi connectivity index (χ2n) is 4.90. The Hall–Kier alpha value is -0.970. The minimum absolute atomic E-state index is 0.158. The van der Waals surface area contributed by atoms with Crippen LogP contribution in [0.2, 0.25) is 10.0 Å². The number of aliphatic hydroxyl groups is 1. The maximum atomic E-state index is 11.9. The molecule has 19 heavy (non-hydrogen) atoms. The molecule has 0 radical (unpaired) electrons. The number of carbonyl (C=O) groups is 1. The van der Waals surface area contributed by atoms with Crippen LogP contribution in [0.1, 0.15) is 20.8 Å². The molecule has 0 fully saturated rings. The van der Waals surface area contributed by atoms with Gasteiger partial charge in [-0.3, -0.25) is 4.79 Å². The summed E-state index contributed by atoms with van der Waals surface area (Å²) in [6.45, 7) is 4.88. The number of amides is 1. The first-order valence-electron chi connectivity index (χ1n) is 5.79. The molecule has 1 unspecified atom stereocenters. The molecule has 4 nitrogen and oxygen atoms in total. The first-order valence-corrected chi connectivity index (χ1v) is 6.55. The molecule has 0 aliphatic heterocycles. The van der Waals surface area contributed by atoms with Crippen LogP contribution in [-0.2, 0) is 4.79 Å². The number of hydrogen-bond donors (Lipinski definition) is 2. The highest BCUT2D eigenvalue weighted by atomic mass is 35.5. The van der Waals surface area contributed by atoms with E-state index in [9.17, 15) is 4.79 Å². The van der Waals surface area contributed by atoms with Crippen molar-refractivity contribution in [1.29, 1.82) is 0 Å². The number of halogens is 2. The van der Waals surface area contributed by atoms with E-state index < -0.39 is 11.6 Å². The highest BCUT2D eigenvalue weighted by molar-refractivity contribution is 6.34. The van der Waals surface area contributed by atoms with Crippen LogP contribution >= 0.6 is 23.2 Å². The molecule has 1 rings (SSSR count). The van der Waals surface area contributed by atoms with Gasteiger partial charge in [-0.05, 0) is 39.0 Å². The van der Waals surface area contributed by atoms with E-state index in [4.69, 9.17) is 33.0 Å². The number of benzene rings is 1. The predicted octanol–water partition coefficient (Wildman–Crippen LogP) is 2.65. The van der Waals surface area contributed by atoms with Crippen LogP contribution in [0, 0.1) is 0 Å². The maximum Gasteiger partial charge on any atom is 0.261 e. The monoisotopic (exact) mass is 305 g/mol. The second kappa shape index (κ2) is 6.46. The van der Waals surface area contributed by atoms with E-state index in [-0.39, 0.29) is 12.5 Å². The summed E-state index contributed by atoms with van der Waals surface area (Å²) in [6, 6.07) is 4.73. The molecule has 6 heteroatoms. The summed E-state index contributed by atoms with van der Waals surface area (Å²) in [6.07, 6.45) is -0.722. The number of carbonyl (C=O) groups excluding carboxylic acids is 1. The Morgan fingerprint density at radius 3 is 2.37 bits per heavy atom. The van der Waals surface area contributed by atoms with Crippen molar-refractivity contribution in [2.24, 2.45) is 0 Å². The largest absolute Gasteiger partial charge is 0.481 e. The third kappa shape index (κ3) is 5.27. The Kier molecular flexibility index (Phi) is 5.47. The van der Waals surface area contributed by atoms with Crippen molar-refractivity contribution in [3.8, 4) is 5.75 Å². The van der Waals surface area contributed by atoms with Crippen molar-refractivity contribution in [3.05, 3.63) is 28.2 Å². The van der Waals surface area contributed by atoms with Gasteiger partial charge in [-0.25, -0.2) is 0 Å². The lowest BCUT2D eigenvalue weighted by atomic mass is 10.1. The molecule has 0 aliphatic rings. The molecule has 0 spiro atoms. The lowest BCUT2D eigenvalue weighted by Gasteiger charge is -2.25. The number of nitrogens with one attached hydrogen (secondary N) is 1. The van der Waals surface area contributed by atoms with Crippen molar-refractivity contribution in [2.45, 2.75) is 32.4 Å². The Labute approximate surface area is 122 Å². The Morgan fingerprint density at radius 2 is 1.89 bits per heavy atom. The lowest BCUT2D eigenvalue weighted by Crippen LogP contribution is -2.50. The first-order chi connectivity index (χ1) is 8.73. The second-order valence-corrected chi connectivity index (χ2v) is 5.77. The fraction of sp³-hybridized carbons (Fsp3) is 0.462. The van der Waals surface area contributed by atoms with Gasteiger partial charge in [0.25, 0.3) is 5.91 Å². The topological polar surface area (TPSA) is 58.6 Å². The number of rotatable bonds is 5. The zero-order valence-corrected chi connectivity index (χ0v) is 12.5. The Balaban J connectivity index is 2.68. The van der Waals surface area contributed by atoms with Gasteiger partial charge in [0, 0.05) is 10.0 Å². The Morgan fingerprint density at radius 1 is 1.37 bits per heavy atom. The van der Waals surface area contributed by atoms with Gasteiger partial charge in [-0.15, -0.1) is 0 Å². The molecule has 1 aromatic carbocycles. The van der Waals surface area contributed by atoms with Crippen LogP contribution < -0.4 is 10.1 Å². The molecule has 0 heterocycles. The summed E-state index contributed by atoms with van der Waals surface area (Å²) in [5.74, 6) is 0.0945. The van der Waals surface area contributed by atoms with Crippen LogP contribution in [0.3, 0.4) is 0 Å². The highest BCUT2D eigenvalue weighted by Crippen LogP contribution is 2.25. The molecule has 1 aromatic rings. The molecular formula is C13H17Cl2NO3. The maximum absolute atomic E-state index is 11.9. The van der Waals surface area contributed by atoms with Gasteiger partial charge in [0.05, 0.1) is 12.1 Å². The Bertz CT molecular complexity index is 443. The van der Waals surface area contributed by atoms with E-state index >= 15 is 0 Å². The van der Waals surface area contributed by atoms with Gasteiger partial charge in [0.15, 0.2) is 6.10 Å². The van der Waals surface area contributed by atoms with E-state index in [0.29, 0.717) is 15.8 Å². The highest BCUT2D eigenvalue weighted by Gasteiger charge is 2.23. The molecule has 0 aromatic heterocycles. The molecule has 2 N–H and O–H groups in total. The molecular weight excluding hydrogens is 289 g/mol. The van der Waals surface area contributed by atoms with Crippen molar-refractivity contribution in [1.82, 2.24) is 5.32 Å². The van der Waals surface area contributed by atoms with E-state index in [1.807, 2.05) is 0 Å². The summed E-state index contributed by atoms with van der Waals surface area (Å²) in [7, 11) is 0. The fourth-order valence-electron chi connectivity index (χ4n) is 1.33. The van der Waals surface area contributed by atoms with Crippen LogP contribution in [0.25, 0.3) is 0 Å². The van der Waals surface area contributed by atoms with Gasteiger partial charge in [0.2, 0.25) is 0 Å². The molecule has 0 aliphatic carbocycles. The zero-order chi connectivity index (χ0) is 14.6. The average Bonchev–Trinajstić information content (AvgIpc) is 2.26. The van der Waals surface area contributed by atoms with Gasteiger partial charge >= 0.3 is 0 Å². The lowest BCUT2D eigenvalue weighted by molar-refractivity contribution is -0.129. The molecule has 1 atom stereocenters. The standard InChI is InChI=1S/C13H17Cl2NO3/c1-8(12(18)16-13(2,3)7-17)19-11-5-9(14)4-10(15)6-11/h4-6,8,17H,7H2,1-3H3,(H,16,18). The van der Waals surface area contributed by atoms with Crippen molar-refractivity contribution >= 4 is 29.1 Å². The minimum atomic E-state index is -0.722.